The number of carbonyl (C=O) groups is 2. The topological polar surface area (TPSA) is 92.4 Å². The van der Waals surface area contributed by atoms with Crippen molar-refractivity contribution >= 4 is 11.9 Å². The summed E-state index contributed by atoms with van der Waals surface area (Å²) in [7, 11) is 0. The van der Waals surface area contributed by atoms with Gasteiger partial charge in [-0.2, -0.15) is 0 Å². The Morgan fingerprint density at radius 2 is 2.11 bits per heavy atom. The molecule has 0 unspecified atom stereocenters. The third-order valence-corrected chi connectivity index (χ3v) is 2.41. The molecule has 0 aliphatic rings. The molecule has 0 spiro atoms. The third-order valence-electron chi connectivity index (χ3n) is 2.41. The summed E-state index contributed by atoms with van der Waals surface area (Å²) in [6, 6.07) is 1.74. The molecular weight excluding hydrogens is 236 g/mol. The van der Waals surface area contributed by atoms with Crippen molar-refractivity contribution in [3.63, 3.8) is 0 Å². The van der Waals surface area contributed by atoms with Gasteiger partial charge >= 0.3 is 5.97 Å². The Morgan fingerprint density at radius 3 is 2.61 bits per heavy atom. The summed E-state index contributed by atoms with van der Waals surface area (Å²) in [6.45, 7) is 5.56. The molecule has 18 heavy (non-hydrogen) atoms. The quantitative estimate of drug-likeness (QED) is 0.802. The molecule has 1 amide bonds. The van der Waals surface area contributed by atoms with E-state index in [1.165, 1.54) is 0 Å². The fraction of sp³-hybridized carbons (Fsp3) is 0.583. The highest BCUT2D eigenvalue weighted by Crippen LogP contribution is 2.24. The van der Waals surface area contributed by atoms with Gasteiger partial charge in [-0.3, -0.25) is 9.59 Å². The van der Waals surface area contributed by atoms with Gasteiger partial charge in [-0.25, -0.2) is 0 Å². The molecule has 100 valence electrons. The van der Waals surface area contributed by atoms with Crippen LogP contribution in [0.25, 0.3) is 0 Å². The molecule has 0 radical (unpaired) electrons. The van der Waals surface area contributed by atoms with Gasteiger partial charge in [0.05, 0.1) is 18.7 Å². The summed E-state index contributed by atoms with van der Waals surface area (Å²) in [6.07, 6.45) is 0.119. The number of carbonyl (C=O) groups excluding carboxylic acids is 1. The van der Waals surface area contributed by atoms with Crippen molar-refractivity contribution in [2.75, 3.05) is 0 Å². The van der Waals surface area contributed by atoms with Crippen LogP contribution in [0, 0.1) is 12.3 Å². The Bertz CT molecular complexity index is 437. The maximum atomic E-state index is 11.7. The standard InChI is InChI=1S/C12H18N2O4/c1-8-4-9(18-14-8)7-13-10(15)5-12(2,3)6-11(16)17/h4H,5-7H2,1-3H3,(H,13,15)(H,16,17). The van der Waals surface area contributed by atoms with Crippen LogP contribution in [-0.2, 0) is 16.1 Å². The first-order valence-electron chi connectivity index (χ1n) is 5.69. The number of rotatable bonds is 6. The molecule has 6 heteroatoms. The zero-order valence-electron chi connectivity index (χ0n) is 10.8. The van der Waals surface area contributed by atoms with E-state index in [-0.39, 0.29) is 25.3 Å². The molecule has 1 aromatic heterocycles. The molecule has 2 N–H and O–H groups in total. The molecule has 0 fully saturated rings. The fourth-order valence-electron chi connectivity index (χ4n) is 1.65. The second-order valence-corrected chi connectivity index (χ2v) is 5.12. The smallest absolute Gasteiger partial charge is 0.303 e. The van der Waals surface area contributed by atoms with E-state index in [1.807, 2.05) is 0 Å². The molecule has 6 nitrogen and oxygen atoms in total. The van der Waals surface area contributed by atoms with Crippen molar-refractivity contribution in [3.05, 3.63) is 17.5 Å². The summed E-state index contributed by atoms with van der Waals surface area (Å²) in [5, 5.41) is 15.1. The van der Waals surface area contributed by atoms with E-state index < -0.39 is 11.4 Å². The number of aliphatic carboxylic acids is 1. The zero-order valence-corrected chi connectivity index (χ0v) is 10.8. The van der Waals surface area contributed by atoms with E-state index in [1.54, 1.807) is 26.8 Å². The number of hydrogen-bond acceptors (Lipinski definition) is 4. The molecule has 0 saturated heterocycles. The Hall–Kier alpha value is -1.85. The minimum atomic E-state index is -0.904. The molecule has 0 aliphatic heterocycles. The number of carboxylic acids is 1. The van der Waals surface area contributed by atoms with Crippen molar-refractivity contribution in [1.82, 2.24) is 10.5 Å². The summed E-state index contributed by atoms with van der Waals surface area (Å²) >= 11 is 0. The van der Waals surface area contributed by atoms with Gasteiger partial charge in [0, 0.05) is 12.5 Å². The maximum absolute atomic E-state index is 11.7. The predicted molar refractivity (Wildman–Crippen MR) is 63.7 cm³/mol. The average Bonchev–Trinajstić information content (AvgIpc) is 2.58. The average molecular weight is 254 g/mol. The van der Waals surface area contributed by atoms with Crippen molar-refractivity contribution in [3.8, 4) is 0 Å². The Labute approximate surface area is 105 Å². The second-order valence-electron chi connectivity index (χ2n) is 5.12. The Morgan fingerprint density at radius 1 is 1.44 bits per heavy atom. The van der Waals surface area contributed by atoms with Crippen LogP contribution in [0.5, 0.6) is 0 Å². The van der Waals surface area contributed by atoms with E-state index in [2.05, 4.69) is 10.5 Å². The lowest BCUT2D eigenvalue weighted by Gasteiger charge is -2.21. The van der Waals surface area contributed by atoms with E-state index in [4.69, 9.17) is 9.63 Å². The van der Waals surface area contributed by atoms with Gasteiger partial charge in [0.2, 0.25) is 5.91 Å². The molecule has 0 aliphatic carbocycles. The van der Waals surface area contributed by atoms with Crippen molar-refractivity contribution in [2.45, 2.75) is 40.2 Å². The lowest BCUT2D eigenvalue weighted by atomic mass is 9.85. The van der Waals surface area contributed by atoms with E-state index in [9.17, 15) is 9.59 Å². The minimum absolute atomic E-state index is 0.0398. The highest BCUT2D eigenvalue weighted by molar-refractivity contribution is 5.77. The van der Waals surface area contributed by atoms with Crippen molar-refractivity contribution in [2.24, 2.45) is 5.41 Å². The van der Waals surface area contributed by atoms with Gasteiger partial charge in [-0.15, -0.1) is 0 Å². The van der Waals surface area contributed by atoms with Crippen LogP contribution in [0.3, 0.4) is 0 Å². The van der Waals surface area contributed by atoms with Crippen LogP contribution in [0.1, 0.15) is 38.1 Å². The fourth-order valence-corrected chi connectivity index (χ4v) is 1.65. The highest BCUT2D eigenvalue weighted by Gasteiger charge is 2.25. The number of amides is 1. The molecule has 0 atom stereocenters. The molecular formula is C12H18N2O4. The summed E-state index contributed by atoms with van der Waals surface area (Å²) in [5.74, 6) is -0.522. The first-order valence-corrected chi connectivity index (χ1v) is 5.69. The molecule has 1 heterocycles. The van der Waals surface area contributed by atoms with Crippen LogP contribution in [0.2, 0.25) is 0 Å². The first kappa shape index (κ1) is 14.2. The lowest BCUT2D eigenvalue weighted by Crippen LogP contribution is -2.29. The van der Waals surface area contributed by atoms with Gasteiger partial charge in [0.15, 0.2) is 5.76 Å². The zero-order chi connectivity index (χ0) is 13.8. The highest BCUT2D eigenvalue weighted by atomic mass is 16.5. The molecule has 1 aromatic rings. The van der Waals surface area contributed by atoms with Crippen LogP contribution < -0.4 is 5.32 Å². The number of carboxylic acid groups (broad SMARTS) is 1. The van der Waals surface area contributed by atoms with Crippen LogP contribution in [0.15, 0.2) is 10.6 Å². The molecule has 0 saturated carbocycles. The van der Waals surface area contributed by atoms with Gasteiger partial charge in [0.1, 0.15) is 0 Å². The molecule has 1 rings (SSSR count). The number of nitrogens with zero attached hydrogens (tertiary/aromatic N) is 1. The third kappa shape index (κ3) is 4.99. The van der Waals surface area contributed by atoms with Crippen LogP contribution >= 0.6 is 0 Å². The minimum Gasteiger partial charge on any atom is -0.481 e. The summed E-state index contributed by atoms with van der Waals surface area (Å²) in [5.41, 5.74) is 0.193. The number of aromatic nitrogens is 1. The molecule has 0 aromatic carbocycles. The Balaban J connectivity index is 2.39. The summed E-state index contributed by atoms with van der Waals surface area (Å²) in [4.78, 5) is 22.3. The monoisotopic (exact) mass is 254 g/mol. The van der Waals surface area contributed by atoms with Gasteiger partial charge in [0.25, 0.3) is 0 Å². The SMILES string of the molecule is Cc1cc(CNC(=O)CC(C)(C)CC(=O)O)on1. The number of aryl methyl sites for hydroxylation is 1. The predicted octanol–water partition coefficient (Wildman–Crippen LogP) is 1.49. The number of nitrogens with one attached hydrogen (secondary N) is 1. The Kier molecular flexibility index (Phi) is 4.47. The normalized spacial score (nSPS) is 11.3. The lowest BCUT2D eigenvalue weighted by molar-refractivity contribution is -0.139. The van der Waals surface area contributed by atoms with Crippen LogP contribution in [-0.4, -0.2) is 22.1 Å². The largest absolute Gasteiger partial charge is 0.481 e. The van der Waals surface area contributed by atoms with E-state index in [0.29, 0.717) is 5.76 Å². The van der Waals surface area contributed by atoms with Gasteiger partial charge < -0.3 is 14.9 Å². The van der Waals surface area contributed by atoms with Crippen molar-refractivity contribution < 1.29 is 19.2 Å². The molecule has 0 bridgehead atoms. The van der Waals surface area contributed by atoms with Gasteiger partial charge in [-0.1, -0.05) is 19.0 Å². The van der Waals surface area contributed by atoms with E-state index >= 15 is 0 Å². The van der Waals surface area contributed by atoms with Gasteiger partial charge in [-0.05, 0) is 12.3 Å². The number of hydrogen-bond donors (Lipinski definition) is 2. The van der Waals surface area contributed by atoms with Crippen LogP contribution in [0.4, 0.5) is 0 Å². The first-order chi connectivity index (χ1) is 8.28. The van der Waals surface area contributed by atoms with Crippen molar-refractivity contribution in [1.29, 1.82) is 0 Å². The second kappa shape index (κ2) is 5.66. The summed E-state index contributed by atoms with van der Waals surface area (Å²) < 4.78 is 4.95. The maximum Gasteiger partial charge on any atom is 0.303 e. The van der Waals surface area contributed by atoms with E-state index in [0.717, 1.165) is 5.69 Å².